The molecule has 0 radical (unpaired) electrons. The molecule has 0 aliphatic carbocycles. The van der Waals surface area contributed by atoms with Gasteiger partial charge in [-0.2, -0.15) is 4.98 Å². The van der Waals surface area contributed by atoms with Crippen molar-refractivity contribution in [1.29, 1.82) is 0 Å². The number of nitrogens with zero attached hydrogens (tertiary/aromatic N) is 4. The number of fused-ring (bicyclic) bond motifs is 1. The van der Waals surface area contributed by atoms with Crippen LogP contribution in [0.1, 0.15) is 11.1 Å². The van der Waals surface area contributed by atoms with E-state index in [-0.39, 0.29) is 28.8 Å². The molecule has 0 atom stereocenters. The summed E-state index contributed by atoms with van der Waals surface area (Å²) in [5.41, 5.74) is 6.29. The molecule has 5 aromatic rings. The second-order valence-electron chi connectivity index (χ2n) is 10.3. The minimum atomic E-state index is -0.798. The Balaban J connectivity index is 1.65. The number of pyridine rings is 1. The molecule has 0 bridgehead atoms. The van der Waals surface area contributed by atoms with Crippen molar-refractivity contribution in [2.24, 2.45) is 0 Å². The van der Waals surface area contributed by atoms with E-state index in [2.05, 4.69) is 4.98 Å². The maximum absolute atomic E-state index is 14.9. The molecule has 1 aliphatic heterocycles. The van der Waals surface area contributed by atoms with Gasteiger partial charge >= 0.3 is 5.69 Å². The van der Waals surface area contributed by atoms with E-state index in [1.54, 1.807) is 24.3 Å². The van der Waals surface area contributed by atoms with Gasteiger partial charge < -0.3 is 20.1 Å². The predicted molar refractivity (Wildman–Crippen MR) is 157 cm³/mol. The van der Waals surface area contributed by atoms with E-state index in [4.69, 9.17) is 15.2 Å². The van der Waals surface area contributed by atoms with Gasteiger partial charge in [0.1, 0.15) is 28.4 Å². The molecule has 0 amide bonds. The molecule has 12 heteroatoms. The molecular weight excluding hydrogens is 564 g/mol. The predicted octanol–water partition coefficient (Wildman–Crippen LogP) is 4.02. The smallest absolute Gasteiger partial charge is 0.338 e. The van der Waals surface area contributed by atoms with Gasteiger partial charge in [-0.15, -0.1) is 11.3 Å². The number of benzene rings is 2. The summed E-state index contributed by atoms with van der Waals surface area (Å²) in [4.78, 5) is 35.8. The van der Waals surface area contributed by atoms with E-state index >= 15 is 0 Å². The van der Waals surface area contributed by atoms with E-state index in [9.17, 15) is 18.4 Å². The molecule has 2 N–H and O–H groups in total. The first-order valence-corrected chi connectivity index (χ1v) is 14.0. The average Bonchev–Trinajstić information content (AvgIpc) is 3.29. The van der Waals surface area contributed by atoms with Gasteiger partial charge in [0.2, 0.25) is 5.88 Å². The zero-order valence-corrected chi connectivity index (χ0v) is 23.7. The Morgan fingerprint density at radius 3 is 2.36 bits per heavy atom. The van der Waals surface area contributed by atoms with Crippen LogP contribution in [-0.2, 0) is 17.8 Å². The molecule has 216 valence electrons. The Labute approximate surface area is 243 Å². The summed E-state index contributed by atoms with van der Waals surface area (Å²) in [6.45, 7) is 0.747. The monoisotopic (exact) mass is 591 g/mol. The number of nitrogens with two attached hydrogens (primary N) is 1. The number of nitrogen functional groups attached to an aromatic ring is 1. The molecule has 0 saturated carbocycles. The normalized spacial score (nSPS) is 13.5. The summed E-state index contributed by atoms with van der Waals surface area (Å²) in [5.74, 6) is -1.34. The number of halogens is 2. The van der Waals surface area contributed by atoms with Gasteiger partial charge in [-0.05, 0) is 55.6 Å². The lowest BCUT2D eigenvalue weighted by molar-refractivity contribution is -0.0813. The molecule has 1 saturated heterocycles. The van der Waals surface area contributed by atoms with E-state index < -0.39 is 29.4 Å². The second-order valence-corrected chi connectivity index (χ2v) is 11.3. The van der Waals surface area contributed by atoms with Gasteiger partial charge in [0.05, 0.1) is 25.1 Å². The highest BCUT2D eigenvalue weighted by Crippen LogP contribution is 2.38. The minimum absolute atomic E-state index is 0.0310. The third kappa shape index (κ3) is 5.08. The second kappa shape index (κ2) is 11.1. The van der Waals surface area contributed by atoms with Gasteiger partial charge in [-0.1, -0.05) is 24.3 Å². The van der Waals surface area contributed by atoms with E-state index in [0.717, 1.165) is 27.1 Å². The highest BCUT2D eigenvalue weighted by Gasteiger charge is 2.26. The molecule has 4 heterocycles. The fraction of sp³-hybridized carbons (Fsp3) is 0.233. The van der Waals surface area contributed by atoms with Gasteiger partial charge in [0.15, 0.2) is 0 Å². The van der Waals surface area contributed by atoms with Crippen LogP contribution in [0, 0.1) is 11.6 Å². The molecule has 2 aromatic carbocycles. The van der Waals surface area contributed by atoms with Crippen LogP contribution >= 0.6 is 11.3 Å². The lowest BCUT2D eigenvalue weighted by Crippen LogP contribution is -2.40. The minimum Gasteiger partial charge on any atom is -0.469 e. The third-order valence-electron chi connectivity index (χ3n) is 6.93. The summed E-state index contributed by atoms with van der Waals surface area (Å²) in [5, 5.41) is 0.261. The molecular formula is C30H27F2N5O4S. The van der Waals surface area contributed by atoms with Crippen molar-refractivity contribution in [2.45, 2.75) is 19.2 Å². The maximum atomic E-state index is 14.9. The first-order chi connectivity index (χ1) is 20.2. The fourth-order valence-electron chi connectivity index (χ4n) is 4.83. The number of rotatable bonds is 8. The molecule has 9 nitrogen and oxygen atoms in total. The van der Waals surface area contributed by atoms with Crippen molar-refractivity contribution < 1.29 is 18.3 Å². The Kier molecular flexibility index (Phi) is 7.35. The Morgan fingerprint density at radius 1 is 1.02 bits per heavy atom. The van der Waals surface area contributed by atoms with Gasteiger partial charge in [0, 0.05) is 28.7 Å². The molecule has 42 heavy (non-hydrogen) atoms. The number of ether oxygens (including phenoxy) is 2. The Hall–Kier alpha value is -4.39. The molecule has 0 unspecified atom stereocenters. The lowest BCUT2D eigenvalue weighted by atomic mass is 10.1. The largest absolute Gasteiger partial charge is 0.469 e. The van der Waals surface area contributed by atoms with Crippen molar-refractivity contribution in [3.05, 3.63) is 104 Å². The van der Waals surface area contributed by atoms with Crippen LogP contribution in [0.15, 0.2) is 70.3 Å². The maximum Gasteiger partial charge on any atom is 0.338 e. The quantitative estimate of drug-likeness (QED) is 0.272. The van der Waals surface area contributed by atoms with Crippen LogP contribution < -0.4 is 21.7 Å². The number of hydrogen-bond donors (Lipinski definition) is 1. The van der Waals surface area contributed by atoms with E-state index in [0.29, 0.717) is 35.8 Å². The first-order valence-electron chi connectivity index (χ1n) is 13.2. The number of thiophene rings is 1. The van der Waals surface area contributed by atoms with Crippen LogP contribution in [0.3, 0.4) is 0 Å². The standard InChI is InChI=1S/C30H27F2N5O4S/c1-35(2)13-21-26-28(38)37(24-7-4-8-25(34-24)41-19-15-40-16-19)30(39)36(14-20-22(31)5-3-6-23(20)32)29(26)42-27(21)17-9-11-18(33)12-10-17/h3-12,19H,13-16,33H2,1-2H3. The zero-order chi connectivity index (χ0) is 29.5. The van der Waals surface area contributed by atoms with Crippen molar-refractivity contribution >= 4 is 27.2 Å². The van der Waals surface area contributed by atoms with Crippen molar-refractivity contribution in [3.8, 4) is 22.1 Å². The molecule has 0 spiro atoms. The summed E-state index contributed by atoms with van der Waals surface area (Å²) >= 11 is 1.22. The fourth-order valence-corrected chi connectivity index (χ4v) is 6.14. The van der Waals surface area contributed by atoms with E-state index in [1.165, 1.54) is 28.0 Å². The van der Waals surface area contributed by atoms with Crippen molar-refractivity contribution in [2.75, 3.05) is 33.0 Å². The van der Waals surface area contributed by atoms with Crippen molar-refractivity contribution in [1.82, 2.24) is 19.0 Å². The van der Waals surface area contributed by atoms with Gasteiger partial charge in [0.25, 0.3) is 5.56 Å². The Bertz CT molecular complexity index is 1890. The summed E-state index contributed by atoms with van der Waals surface area (Å²) < 4.78 is 42.9. The van der Waals surface area contributed by atoms with Gasteiger partial charge in [-0.3, -0.25) is 9.36 Å². The Morgan fingerprint density at radius 2 is 1.71 bits per heavy atom. The average molecular weight is 592 g/mol. The van der Waals surface area contributed by atoms with E-state index in [1.807, 2.05) is 31.1 Å². The van der Waals surface area contributed by atoms with Crippen LogP contribution in [0.4, 0.5) is 14.5 Å². The molecule has 3 aromatic heterocycles. The first kappa shape index (κ1) is 27.8. The number of aromatic nitrogens is 3. The van der Waals surface area contributed by atoms with Crippen LogP contribution in [0.2, 0.25) is 0 Å². The highest BCUT2D eigenvalue weighted by molar-refractivity contribution is 7.22. The highest BCUT2D eigenvalue weighted by atomic mass is 32.1. The van der Waals surface area contributed by atoms with Crippen molar-refractivity contribution in [3.63, 3.8) is 0 Å². The summed E-state index contributed by atoms with van der Waals surface area (Å²) in [6, 6.07) is 15.5. The van der Waals surface area contributed by atoms with Crippen LogP contribution in [-0.4, -0.2) is 52.4 Å². The SMILES string of the molecule is CN(C)Cc1c(-c2ccc(N)cc2)sc2c1c(=O)n(-c1cccc(OC3COC3)n1)c(=O)n2Cc1c(F)cccc1F. The van der Waals surface area contributed by atoms with Crippen LogP contribution in [0.25, 0.3) is 26.5 Å². The molecule has 6 rings (SSSR count). The molecule has 1 aliphatic rings. The lowest BCUT2D eigenvalue weighted by Gasteiger charge is -2.26. The summed E-state index contributed by atoms with van der Waals surface area (Å²) in [7, 11) is 3.73. The number of anilines is 1. The third-order valence-corrected chi connectivity index (χ3v) is 8.23. The number of hydrogen-bond acceptors (Lipinski definition) is 8. The topological polar surface area (TPSA) is 105 Å². The molecule has 1 fully saturated rings. The van der Waals surface area contributed by atoms with Gasteiger partial charge in [-0.25, -0.2) is 18.1 Å². The summed E-state index contributed by atoms with van der Waals surface area (Å²) in [6.07, 6.45) is -0.182. The zero-order valence-electron chi connectivity index (χ0n) is 22.8. The van der Waals surface area contributed by atoms with Crippen LogP contribution in [0.5, 0.6) is 5.88 Å².